The molecule has 3 atom stereocenters. The molecule has 3 aromatic rings. The van der Waals surface area contributed by atoms with Crippen LogP contribution >= 0.6 is 0 Å². The normalized spacial score (nSPS) is 25.9. The molecule has 3 aliphatic rings. The summed E-state index contributed by atoms with van der Waals surface area (Å²) in [6.45, 7) is 0. The van der Waals surface area contributed by atoms with Crippen molar-refractivity contribution in [2.75, 3.05) is 0 Å². The van der Waals surface area contributed by atoms with E-state index in [4.69, 9.17) is 8.94 Å². The number of benzene rings is 1. The third-order valence-corrected chi connectivity index (χ3v) is 8.71. The van der Waals surface area contributed by atoms with E-state index in [1.807, 2.05) is 0 Å². The molecule has 0 spiro atoms. The maximum Gasteiger partial charge on any atom is 0.417 e. The second-order valence-corrected chi connectivity index (χ2v) is 10.8. The number of fused-ring (bicyclic) bond motifs is 3. The van der Waals surface area contributed by atoms with Crippen molar-refractivity contribution < 1.29 is 22.2 Å². The van der Waals surface area contributed by atoms with Crippen molar-refractivity contribution in [3.05, 3.63) is 46.3 Å². The summed E-state index contributed by atoms with van der Waals surface area (Å²) >= 11 is 0. The van der Waals surface area contributed by atoms with Crippen LogP contribution in [-0.4, -0.2) is 46.9 Å². The van der Waals surface area contributed by atoms with Gasteiger partial charge in [-0.1, -0.05) is 5.16 Å². The predicted molar refractivity (Wildman–Crippen MR) is 112 cm³/mol. The van der Waals surface area contributed by atoms with Gasteiger partial charge < -0.3 is 14.3 Å². The minimum Gasteiger partial charge on any atom is -0.408 e. The molecular weight excluding hydrogens is 436 g/mol. The molecule has 0 unspecified atom stereocenters. The number of nitrogens with zero attached hydrogens (tertiary/aromatic N) is 2. The molecule has 2 bridgehead atoms. The van der Waals surface area contributed by atoms with Gasteiger partial charge in [-0.15, -0.1) is 0 Å². The number of hydrogen-bond donors (Lipinski definition) is 2. The van der Waals surface area contributed by atoms with Crippen molar-refractivity contribution in [1.29, 1.82) is 0 Å². The number of nitrogens with one attached hydrogen (secondary N) is 2. The molecule has 6 rings (SSSR count). The summed E-state index contributed by atoms with van der Waals surface area (Å²) in [7, 11) is -3.77. The zero-order chi connectivity index (χ0) is 22.0. The van der Waals surface area contributed by atoms with E-state index in [2.05, 4.69) is 15.5 Å². The standard InChI is InChI=1S/C21H22N4O6S/c26-20(17-10-18(31-24-17)11-1-2-11)22-12-7-13-3-4-14(8-12)25(13)32(28,29)15-5-6-16-19(9-15)30-21(27)23-16/h5-6,9-14H,1-4,7-8H2,(H,22,26)(H,23,27)/t12-,13+,14-. The van der Waals surface area contributed by atoms with E-state index in [0.29, 0.717) is 24.3 Å². The van der Waals surface area contributed by atoms with Gasteiger partial charge in [0, 0.05) is 36.2 Å². The first-order chi connectivity index (χ1) is 15.4. The molecule has 3 fully saturated rings. The van der Waals surface area contributed by atoms with Crippen molar-refractivity contribution >= 4 is 27.0 Å². The highest BCUT2D eigenvalue weighted by molar-refractivity contribution is 7.89. The molecule has 4 heterocycles. The van der Waals surface area contributed by atoms with Gasteiger partial charge in [-0.3, -0.25) is 9.78 Å². The molecule has 0 radical (unpaired) electrons. The first-order valence-corrected chi connectivity index (χ1v) is 12.3. The van der Waals surface area contributed by atoms with Crippen molar-refractivity contribution in [3.8, 4) is 0 Å². The Morgan fingerprint density at radius 3 is 2.59 bits per heavy atom. The van der Waals surface area contributed by atoms with E-state index in [0.717, 1.165) is 31.4 Å². The average Bonchev–Trinajstić information content (AvgIpc) is 3.23. The Morgan fingerprint density at radius 1 is 1.12 bits per heavy atom. The van der Waals surface area contributed by atoms with E-state index in [1.165, 1.54) is 18.2 Å². The lowest BCUT2D eigenvalue weighted by Gasteiger charge is -2.38. The van der Waals surface area contributed by atoms with Gasteiger partial charge in [0.1, 0.15) is 5.76 Å². The zero-order valence-corrected chi connectivity index (χ0v) is 17.9. The number of hydrogen-bond acceptors (Lipinski definition) is 7. The van der Waals surface area contributed by atoms with Crippen LogP contribution < -0.4 is 11.1 Å². The molecule has 2 N–H and O–H groups in total. The Kier molecular flexibility index (Phi) is 4.34. The fraction of sp³-hybridized carbons (Fsp3) is 0.476. The molecule has 1 saturated carbocycles. The fourth-order valence-electron chi connectivity index (χ4n) is 5.07. The molecule has 11 heteroatoms. The van der Waals surface area contributed by atoms with Crippen molar-refractivity contribution in [2.45, 2.75) is 67.5 Å². The molecular formula is C21H22N4O6S. The number of amides is 1. The van der Waals surface area contributed by atoms with Gasteiger partial charge in [-0.25, -0.2) is 13.2 Å². The number of piperidine rings is 1. The lowest BCUT2D eigenvalue weighted by atomic mass is 9.99. The van der Waals surface area contributed by atoms with Crippen molar-refractivity contribution in [3.63, 3.8) is 0 Å². The minimum atomic E-state index is -3.77. The van der Waals surface area contributed by atoms with E-state index in [9.17, 15) is 18.0 Å². The number of H-pyrrole nitrogens is 1. The second kappa shape index (κ2) is 7.04. The number of carbonyl (C=O) groups excluding carboxylic acids is 1. The van der Waals surface area contributed by atoms with Crippen molar-refractivity contribution in [2.24, 2.45) is 0 Å². The zero-order valence-electron chi connectivity index (χ0n) is 17.1. The smallest absolute Gasteiger partial charge is 0.408 e. The van der Waals surface area contributed by atoms with E-state index >= 15 is 0 Å². The van der Waals surface area contributed by atoms with Crippen LogP contribution in [0.3, 0.4) is 0 Å². The summed E-state index contributed by atoms with van der Waals surface area (Å²) in [5.74, 6) is 0.232. The molecule has 1 aromatic carbocycles. The van der Waals surface area contributed by atoms with E-state index < -0.39 is 15.8 Å². The maximum atomic E-state index is 13.4. The number of aromatic nitrogens is 2. The predicted octanol–water partition coefficient (Wildman–Crippen LogP) is 2.10. The van der Waals surface area contributed by atoms with Crippen molar-refractivity contribution in [1.82, 2.24) is 19.8 Å². The molecule has 1 aliphatic carbocycles. The largest absolute Gasteiger partial charge is 0.417 e. The van der Waals surface area contributed by atoms with Gasteiger partial charge in [0.2, 0.25) is 10.0 Å². The lowest BCUT2D eigenvalue weighted by molar-refractivity contribution is 0.0900. The van der Waals surface area contributed by atoms with Crippen LogP contribution in [0.25, 0.3) is 11.1 Å². The van der Waals surface area contributed by atoms with Crippen LogP contribution in [0.2, 0.25) is 0 Å². The molecule has 10 nitrogen and oxygen atoms in total. The average molecular weight is 458 g/mol. The summed E-state index contributed by atoms with van der Waals surface area (Å²) in [5.41, 5.74) is 0.940. The van der Waals surface area contributed by atoms with Crippen LogP contribution in [0.1, 0.15) is 60.7 Å². The van der Waals surface area contributed by atoms with Gasteiger partial charge >= 0.3 is 5.76 Å². The SMILES string of the molecule is O=C(N[C@H]1C[C@H]2CC[C@@H](C1)N2S(=O)(=O)c1ccc2[nH]c(=O)oc2c1)c1cc(C2CC2)on1. The third kappa shape index (κ3) is 3.27. The summed E-state index contributed by atoms with van der Waals surface area (Å²) < 4.78 is 38.7. The summed E-state index contributed by atoms with van der Waals surface area (Å²) in [6.07, 6.45) is 4.69. The van der Waals surface area contributed by atoms with Crippen LogP contribution in [0.15, 0.2) is 42.9 Å². The van der Waals surface area contributed by atoms with Crippen LogP contribution in [0, 0.1) is 0 Å². The van der Waals surface area contributed by atoms with E-state index in [1.54, 1.807) is 10.4 Å². The summed E-state index contributed by atoms with van der Waals surface area (Å²) in [5, 5.41) is 6.90. The number of rotatable bonds is 5. The fourth-order valence-corrected chi connectivity index (χ4v) is 6.98. The third-order valence-electron chi connectivity index (χ3n) is 6.71. The van der Waals surface area contributed by atoms with Crippen LogP contribution in [-0.2, 0) is 10.0 Å². The lowest BCUT2D eigenvalue weighted by Crippen LogP contribution is -2.52. The Hall–Kier alpha value is -2.92. The van der Waals surface area contributed by atoms with Gasteiger partial charge in [0.15, 0.2) is 11.3 Å². The van der Waals surface area contributed by atoms with E-state index in [-0.39, 0.29) is 40.2 Å². The number of carbonyl (C=O) groups is 1. The highest BCUT2D eigenvalue weighted by atomic mass is 32.2. The highest BCUT2D eigenvalue weighted by Gasteiger charge is 2.47. The number of oxazole rings is 1. The highest BCUT2D eigenvalue weighted by Crippen LogP contribution is 2.41. The molecule has 2 aliphatic heterocycles. The Bertz CT molecular complexity index is 1350. The second-order valence-electron chi connectivity index (χ2n) is 8.92. The van der Waals surface area contributed by atoms with Gasteiger partial charge in [-0.05, 0) is 50.7 Å². The van der Waals surface area contributed by atoms with Gasteiger partial charge in [0.05, 0.1) is 10.4 Å². The monoisotopic (exact) mass is 458 g/mol. The Balaban J connectivity index is 1.19. The minimum absolute atomic E-state index is 0.0994. The van der Waals surface area contributed by atoms with Gasteiger partial charge in [0.25, 0.3) is 5.91 Å². The first-order valence-electron chi connectivity index (χ1n) is 10.8. The first kappa shape index (κ1) is 19.7. The topological polar surface area (TPSA) is 139 Å². The number of sulfonamides is 1. The summed E-state index contributed by atoms with van der Waals surface area (Å²) in [6, 6.07) is 5.59. The molecule has 2 saturated heterocycles. The Morgan fingerprint density at radius 2 is 1.88 bits per heavy atom. The molecule has 32 heavy (non-hydrogen) atoms. The molecule has 1 amide bonds. The van der Waals surface area contributed by atoms with Crippen LogP contribution in [0.4, 0.5) is 0 Å². The Labute approximate surface area is 183 Å². The molecule has 168 valence electrons. The van der Waals surface area contributed by atoms with Crippen LogP contribution in [0.5, 0.6) is 0 Å². The molecule has 2 aromatic heterocycles. The summed E-state index contributed by atoms with van der Waals surface area (Å²) in [4.78, 5) is 26.6. The van der Waals surface area contributed by atoms with Gasteiger partial charge in [-0.2, -0.15) is 4.31 Å². The maximum absolute atomic E-state index is 13.4. The number of aromatic amines is 1. The quantitative estimate of drug-likeness (QED) is 0.597.